The summed E-state index contributed by atoms with van der Waals surface area (Å²) in [5.74, 6) is 1.19. The van der Waals surface area contributed by atoms with E-state index in [1.54, 1.807) is 19.2 Å². The molecule has 0 aliphatic carbocycles. The van der Waals surface area contributed by atoms with E-state index in [0.29, 0.717) is 27.7 Å². The summed E-state index contributed by atoms with van der Waals surface area (Å²) >= 11 is 6.02. The van der Waals surface area contributed by atoms with E-state index in [2.05, 4.69) is 10.2 Å². The standard InChI is InChI=1S/C16H14ClN3O2/c1-22-11-5-2-9(3-6-11)14-15(19-20-16(14)18)12-8-10(17)4-7-13(12)21/h2-8,21H,1H3,(H3,18,19,20). The number of nitrogens with one attached hydrogen (secondary N) is 1. The van der Waals surface area contributed by atoms with Crippen molar-refractivity contribution in [3.05, 3.63) is 47.5 Å². The van der Waals surface area contributed by atoms with Crippen molar-refractivity contribution in [3.8, 4) is 33.9 Å². The Morgan fingerprint density at radius 3 is 2.59 bits per heavy atom. The number of benzene rings is 2. The zero-order chi connectivity index (χ0) is 15.7. The highest BCUT2D eigenvalue weighted by molar-refractivity contribution is 6.31. The van der Waals surface area contributed by atoms with Crippen LogP contribution in [0.4, 0.5) is 5.82 Å². The molecule has 0 saturated carbocycles. The van der Waals surface area contributed by atoms with Crippen molar-refractivity contribution in [1.82, 2.24) is 10.2 Å². The number of halogens is 1. The molecule has 0 aliphatic rings. The van der Waals surface area contributed by atoms with Crippen molar-refractivity contribution in [2.24, 2.45) is 0 Å². The molecule has 0 atom stereocenters. The minimum atomic E-state index is 0.0998. The predicted molar refractivity (Wildman–Crippen MR) is 87.1 cm³/mol. The van der Waals surface area contributed by atoms with Crippen LogP contribution in [-0.4, -0.2) is 22.4 Å². The van der Waals surface area contributed by atoms with Gasteiger partial charge in [0.15, 0.2) is 5.82 Å². The first kappa shape index (κ1) is 14.3. The van der Waals surface area contributed by atoms with Crippen LogP contribution in [0.2, 0.25) is 5.02 Å². The third-order valence-corrected chi connectivity index (χ3v) is 3.64. The van der Waals surface area contributed by atoms with Gasteiger partial charge in [0.25, 0.3) is 0 Å². The number of H-pyrrole nitrogens is 1. The van der Waals surface area contributed by atoms with E-state index < -0.39 is 0 Å². The molecule has 0 fully saturated rings. The second kappa shape index (κ2) is 5.61. The topological polar surface area (TPSA) is 84.2 Å². The number of nitrogen functional groups attached to an aromatic ring is 1. The Labute approximate surface area is 132 Å². The maximum atomic E-state index is 10.1. The van der Waals surface area contributed by atoms with Gasteiger partial charge in [-0.25, -0.2) is 0 Å². The van der Waals surface area contributed by atoms with Crippen molar-refractivity contribution in [1.29, 1.82) is 0 Å². The SMILES string of the molecule is COc1ccc(-c2c(N)n[nH]c2-c2cc(Cl)ccc2O)cc1. The first-order chi connectivity index (χ1) is 10.6. The third-order valence-electron chi connectivity index (χ3n) is 3.40. The van der Waals surface area contributed by atoms with E-state index in [0.717, 1.165) is 11.3 Å². The lowest BCUT2D eigenvalue weighted by Crippen LogP contribution is -1.90. The summed E-state index contributed by atoms with van der Waals surface area (Å²) in [7, 11) is 1.61. The molecule has 3 aromatic rings. The minimum absolute atomic E-state index is 0.0998. The Balaban J connectivity index is 2.16. The van der Waals surface area contributed by atoms with Crippen molar-refractivity contribution in [2.45, 2.75) is 0 Å². The Bertz CT molecular complexity index is 813. The zero-order valence-electron chi connectivity index (χ0n) is 11.8. The lowest BCUT2D eigenvalue weighted by atomic mass is 10.00. The molecule has 5 nitrogen and oxygen atoms in total. The van der Waals surface area contributed by atoms with Crippen molar-refractivity contribution in [2.75, 3.05) is 12.8 Å². The van der Waals surface area contributed by atoms with Gasteiger partial charge in [-0.15, -0.1) is 0 Å². The molecule has 22 heavy (non-hydrogen) atoms. The van der Waals surface area contributed by atoms with Gasteiger partial charge in [0.05, 0.1) is 18.4 Å². The van der Waals surface area contributed by atoms with E-state index in [-0.39, 0.29) is 5.75 Å². The molecular weight excluding hydrogens is 302 g/mol. The van der Waals surface area contributed by atoms with E-state index in [4.69, 9.17) is 22.1 Å². The van der Waals surface area contributed by atoms with Crippen LogP contribution >= 0.6 is 11.6 Å². The van der Waals surface area contributed by atoms with Crippen molar-refractivity contribution < 1.29 is 9.84 Å². The highest BCUT2D eigenvalue weighted by Crippen LogP contribution is 2.39. The molecule has 0 bridgehead atoms. The molecule has 6 heteroatoms. The monoisotopic (exact) mass is 315 g/mol. The first-order valence-electron chi connectivity index (χ1n) is 6.57. The number of hydrogen-bond donors (Lipinski definition) is 3. The quantitative estimate of drug-likeness (QED) is 0.688. The normalized spacial score (nSPS) is 10.6. The molecule has 1 heterocycles. The fourth-order valence-corrected chi connectivity index (χ4v) is 2.48. The van der Waals surface area contributed by atoms with Gasteiger partial charge >= 0.3 is 0 Å². The number of rotatable bonds is 3. The van der Waals surface area contributed by atoms with Crippen LogP contribution in [0.3, 0.4) is 0 Å². The van der Waals surface area contributed by atoms with E-state index >= 15 is 0 Å². The highest BCUT2D eigenvalue weighted by Gasteiger charge is 2.17. The molecule has 0 spiro atoms. The Morgan fingerprint density at radius 1 is 1.18 bits per heavy atom. The van der Waals surface area contributed by atoms with E-state index in [9.17, 15) is 5.11 Å². The van der Waals surface area contributed by atoms with Crippen LogP contribution in [0.15, 0.2) is 42.5 Å². The lowest BCUT2D eigenvalue weighted by molar-refractivity contribution is 0.415. The van der Waals surface area contributed by atoms with Crippen molar-refractivity contribution in [3.63, 3.8) is 0 Å². The number of phenols is 1. The molecule has 0 radical (unpaired) electrons. The van der Waals surface area contributed by atoms with Gasteiger partial charge < -0.3 is 15.6 Å². The van der Waals surface area contributed by atoms with Crippen LogP contribution in [-0.2, 0) is 0 Å². The van der Waals surface area contributed by atoms with Crippen LogP contribution in [0.25, 0.3) is 22.4 Å². The third kappa shape index (κ3) is 2.46. The summed E-state index contributed by atoms with van der Waals surface area (Å²) < 4.78 is 5.15. The molecule has 4 N–H and O–H groups in total. The second-order valence-corrected chi connectivity index (χ2v) is 5.19. The smallest absolute Gasteiger partial charge is 0.153 e. The fourth-order valence-electron chi connectivity index (χ4n) is 2.31. The molecule has 0 aliphatic heterocycles. The lowest BCUT2D eigenvalue weighted by Gasteiger charge is -2.08. The molecule has 0 saturated heterocycles. The number of aromatic hydroxyl groups is 1. The molecule has 0 amide bonds. The largest absolute Gasteiger partial charge is 0.507 e. The summed E-state index contributed by atoms with van der Waals surface area (Å²) in [4.78, 5) is 0. The zero-order valence-corrected chi connectivity index (χ0v) is 12.6. The maximum absolute atomic E-state index is 10.1. The Kier molecular flexibility index (Phi) is 3.65. The summed E-state index contributed by atoms with van der Waals surface area (Å²) in [6, 6.07) is 12.2. The van der Waals surface area contributed by atoms with Gasteiger partial charge in [-0.3, -0.25) is 5.10 Å². The average Bonchev–Trinajstić information content (AvgIpc) is 2.91. The number of aromatic amines is 1. The maximum Gasteiger partial charge on any atom is 0.153 e. The molecular formula is C16H14ClN3O2. The second-order valence-electron chi connectivity index (χ2n) is 4.75. The van der Waals surface area contributed by atoms with Gasteiger partial charge in [0.2, 0.25) is 0 Å². The molecule has 2 aromatic carbocycles. The van der Waals surface area contributed by atoms with Crippen LogP contribution in [0.1, 0.15) is 0 Å². The van der Waals surface area contributed by atoms with Crippen LogP contribution in [0.5, 0.6) is 11.5 Å². The van der Waals surface area contributed by atoms with Crippen LogP contribution < -0.4 is 10.5 Å². The Hall–Kier alpha value is -2.66. The summed E-state index contributed by atoms with van der Waals surface area (Å²) in [5, 5.41) is 17.5. The Morgan fingerprint density at radius 2 is 1.91 bits per heavy atom. The van der Waals surface area contributed by atoms with Gasteiger partial charge in [0, 0.05) is 10.6 Å². The van der Waals surface area contributed by atoms with Gasteiger partial charge in [-0.05, 0) is 35.9 Å². The fraction of sp³-hybridized carbons (Fsp3) is 0.0625. The predicted octanol–water partition coefficient (Wildman–Crippen LogP) is 3.69. The van der Waals surface area contributed by atoms with Gasteiger partial charge in [-0.2, -0.15) is 5.10 Å². The molecule has 3 rings (SSSR count). The van der Waals surface area contributed by atoms with Gasteiger partial charge in [-0.1, -0.05) is 23.7 Å². The number of phenolic OH excluding ortho intramolecular Hbond substituents is 1. The van der Waals surface area contributed by atoms with E-state index in [1.807, 2.05) is 24.3 Å². The van der Waals surface area contributed by atoms with Crippen molar-refractivity contribution >= 4 is 17.4 Å². The van der Waals surface area contributed by atoms with Crippen LogP contribution in [0, 0.1) is 0 Å². The number of aromatic nitrogens is 2. The van der Waals surface area contributed by atoms with Gasteiger partial charge in [0.1, 0.15) is 11.5 Å². The molecule has 112 valence electrons. The number of ether oxygens (including phenoxy) is 1. The summed E-state index contributed by atoms with van der Waals surface area (Å²) in [5.41, 5.74) is 8.71. The van der Waals surface area contributed by atoms with E-state index in [1.165, 1.54) is 6.07 Å². The molecule has 1 aromatic heterocycles. The number of anilines is 1. The summed E-state index contributed by atoms with van der Waals surface area (Å²) in [6.07, 6.45) is 0. The highest BCUT2D eigenvalue weighted by atomic mass is 35.5. The number of nitrogens with two attached hydrogens (primary N) is 1. The first-order valence-corrected chi connectivity index (χ1v) is 6.95. The molecule has 0 unspecified atom stereocenters. The summed E-state index contributed by atoms with van der Waals surface area (Å²) in [6.45, 7) is 0. The number of nitrogens with zero attached hydrogens (tertiary/aromatic N) is 1. The number of hydrogen-bond acceptors (Lipinski definition) is 4. The average molecular weight is 316 g/mol. The minimum Gasteiger partial charge on any atom is -0.507 e. The number of methoxy groups -OCH3 is 1.